The van der Waals surface area contributed by atoms with E-state index in [-0.39, 0.29) is 11.4 Å². The Bertz CT molecular complexity index is 491. The van der Waals surface area contributed by atoms with Gasteiger partial charge in [0.2, 0.25) is 0 Å². The third-order valence-corrected chi connectivity index (χ3v) is 4.60. The molecule has 0 unspecified atom stereocenters. The Balaban J connectivity index is 1.94. The number of hydrogen-bond acceptors (Lipinski definition) is 4. The third kappa shape index (κ3) is 4.37. The minimum atomic E-state index is -0.411. The highest BCUT2D eigenvalue weighted by molar-refractivity contribution is 5.72. The van der Waals surface area contributed by atoms with Crippen LogP contribution in [-0.2, 0) is 14.3 Å². The SMILES string of the molecule is C/C=C1\C(=C/CC)OCC12CCN(CC(=O)OC(C)(C)C)CC2. The van der Waals surface area contributed by atoms with Crippen LogP contribution in [0.5, 0.6) is 0 Å². The molecule has 0 aromatic rings. The van der Waals surface area contributed by atoms with Gasteiger partial charge in [0, 0.05) is 5.41 Å². The first-order chi connectivity index (χ1) is 10.8. The molecule has 0 aromatic heterocycles. The van der Waals surface area contributed by atoms with Crippen LogP contribution in [0.25, 0.3) is 0 Å². The second kappa shape index (κ2) is 7.08. The van der Waals surface area contributed by atoms with E-state index in [0.717, 1.165) is 44.7 Å². The van der Waals surface area contributed by atoms with E-state index in [0.29, 0.717) is 6.54 Å². The van der Waals surface area contributed by atoms with Crippen LogP contribution in [0.1, 0.15) is 53.9 Å². The average molecular weight is 321 g/mol. The van der Waals surface area contributed by atoms with Crippen LogP contribution in [0.4, 0.5) is 0 Å². The zero-order chi connectivity index (χ0) is 17.1. The lowest BCUT2D eigenvalue weighted by Crippen LogP contribution is -2.44. The molecule has 1 spiro atoms. The highest BCUT2D eigenvalue weighted by atomic mass is 16.6. The van der Waals surface area contributed by atoms with Gasteiger partial charge in [-0.2, -0.15) is 0 Å². The molecule has 130 valence electrons. The Kier molecular flexibility index (Phi) is 5.56. The quantitative estimate of drug-likeness (QED) is 0.743. The molecule has 0 aliphatic carbocycles. The number of carbonyl (C=O) groups is 1. The van der Waals surface area contributed by atoms with Crippen molar-refractivity contribution < 1.29 is 14.3 Å². The number of hydrogen-bond donors (Lipinski definition) is 0. The minimum absolute atomic E-state index is 0.131. The number of likely N-dealkylation sites (tertiary alicyclic amines) is 1. The summed E-state index contributed by atoms with van der Waals surface area (Å²) in [5.41, 5.74) is 1.09. The standard InChI is InChI=1S/C19H31NO3/c1-6-8-16-15(7-2)19(14-22-16)9-11-20(12-10-19)13-17(21)23-18(3,4)5/h7-8H,6,9-14H2,1-5H3/b15-7+,16-8+. The van der Waals surface area contributed by atoms with Gasteiger partial charge in [-0.05, 0) is 71.7 Å². The van der Waals surface area contributed by atoms with Gasteiger partial charge in [-0.15, -0.1) is 0 Å². The number of allylic oxidation sites excluding steroid dienone is 3. The predicted molar refractivity (Wildman–Crippen MR) is 92.0 cm³/mol. The van der Waals surface area contributed by atoms with Gasteiger partial charge in [0.1, 0.15) is 11.4 Å². The molecule has 0 aromatic carbocycles. The maximum absolute atomic E-state index is 12.0. The zero-order valence-electron chi connectivity index (χ0n) is 15.3. The van der Waals surface area contributed by atoms with E-state index in [9.17, 15) is 4.79 Å². The summed E-state index contributed by atoms with van der Waals surface area (Å²) < 4.78 is 11.4. The lowest BCUT2D eigenvalue weighted by atomic mass is 9.73. The van der Waals surface area contributed by atoms with Crippen molar-refractivity contribution in [2.75, 3.05) is 26.2 Å². The van der Waals surface area contributed by atoms with Crippen LogP contribution in [-0.4, -0.2) is 42.7 Å². The first kappa shape index (κ1) is 18.1. The Labute approximate surface area is 140 Å². The normalized spacial score (nSPS) is 25.1. The highest BCUT2D eigenvalue weighted by Gasteiger charge is 2.44. The van der Waals surface area contributed by atoms with Gasteiger partial charge < -0.3 is 9.47 Å². The van der Waals surface area contributed by atoms with Crippen LogP contribution in [0.3, 0.4) is 0 Å². The van der Waals surface area contributed by atoms with Crippen LogP contribution in [0, 0.1) is 5.41 Å². The second-order valence-electron chi connectivity index (χ2n) is 7.61. The molecule has 0 amide bonds. The first-order valence-corrected chi connectivity index (χ1v) is 8.74. The molecule has 4 heteroatoms. The molecular weight excluding hydrogens is 290 g/mol. The van der Waals surface area contributed by atoms with E-state index in [1.165, 1.54) is 5.57 Å². The molecule has 0 saturated carbocycles. The van der Waals surface area contributed by atoms with Gasteiger partial charge in [-0.3, -0.25) is 9.69 Å². The fraction of sp³-hybridized carbons (Fsp3) is 0.737. The number of piperidine rings is 1. The smallest absolute Gasteiger partial charge is 0.320 e. The first-order valence-electron chi connectivity index (χ1n) is 8.74. The zero-order valence-corrected chi connectivity index (χ0v) is 15.3. The summed E-state index contributed by atoms with van der Waals surface area (Å²) in [7, 11) is 0. The van der Waals surface area contributed by atoms with Crippen LogP contribution in [0.15, 0.2) is 23.5 Å². The summed E-state index contributed by atoms with van der Waals surface area (Å²) in [4.78, 5) is 14.2. The maximum Gasteiger partial charge on any atom is 0.320 e. The number of esters is 1. The summed E-state index contributed by atoms with van der Waals surface area (Å²) in [6.45, 7) is 13.0. The van der Waals surface area contributed by atoms with Gasteiger partial charge >= 0.3 is 5.97 Å². The molecular formula is C19H31NO3. The van der Waals surface area contributed by atoms with Crippen LogP contribution >= 0.6 is 0 Å². The van der Waals surface area contributed by atoms with Gasteiger partial charge in [-0.25, -0.2) is 0 Å². The molecule has 0 bridgehead atoms. The largest absolute Gasteiger partial charge is 0.493 e. The maximum atomic E-state index is 12.0. The molecule has 4 nitrogen and oxygen atoms in total. The van der Waals surface area contributed by atoms with E-state index in [4.69, 9.17) is 9.47 Å². The fourth-order valence-electron chi connectivity index (χ4n) is 3.54. The average Bonchev–Trinajstić information content (AvgIpc) is 2.78. The van der Waals surface area contributed by atoms with Crippen molar-refractivity contribution in [3.8, 4) is 0 Å². The number of ether oxygens (including phenoxy) is 2. The highest BCUT2D eigenvalue weighted by Crippen LogP contribution is 2.47. The lowest BCUT2D eigenvalue weighted by molar-refractivity contribution is -0.156. The van der Waals surface area contributed by atoms with Crippen molar-refractivity contribution in [1.29, 1.82) is 0 Å². The van der Waals surface area contributed by atoms with Gasteiger partial charge in [0.25, 0.3) is 0 Å². The third-order valence-electron chi connectivity index (χ3n) is 4.60. The van der Waals surface area contributed by atoms with E-state index < -0.39 is 5.60 Å². The lowest BCUT2D eigenvalue weighted by Gasteiger charge is -2.38. The summed E-state index contributed by atoms with van der Waals surface area (Å²) in [5.74, 6) is 0.935. The number of nitrogens with zero attached hydrogens (tertiary/aromatic N) is 1. The summed E-state index contributed by atoms with van der Waals surface area (Å²) in [6, 6.07) is 0. The van der Waals surface area contributed by atoms with Crippen molar-refractivity contribution in [2.45, 2.75) is 59.5 Å². The van der Waals surface area contributed by atoms with E-state index >= 15 is 0 Å². The molecule has 2 saturated heterocycles. The van der Waals surface area contributed by atoms with Crippen LogP contribution < -0.4 is 0 Å². The van der Waals surface area contributed by atoms with Gasteiger partial charge in [0.15, 0.2) is 0 Å². The molecule has 2 rings (SSSR count). The topological polar surface area (TPSA) is 38.8 Å². The van der Waals surface area contributed by atoms with E-state index in [2.05, 4.69) is 30.9 Å². The predicted octanol–water partition coefficient (Wildman–Crippen LogP) is 3.68. The molecule has 0 radical (unpaired) electrons. The fourth-order valence-corrected chi connectivity index (χ4v) is 3.54. The minimum Gasteiger partial charge on any atom is -0.493 e. The van der Waals surface area contributed by atoms with Crippen molar-refractivity contribution in [3.63, 3.8) is 0 Å². The van der Waals surface area contributed by atoms with Gasteiger partial charge in [-0.1, -0.05) is 13.0 Å². The molecule has 0 N–H and O–H groups in total. The van der Waals surface area contributed by atoms with Crippen molar-refractivity contribution in [1.82, 2.24) is 4.90 Å². The molecule has 2 heterocycles. The van der Waals surface area contributed by atoms with Gasteiger partial charge in [0.05, 0.1) is 13.2 Å². The molecule has 2 aliphatic heterocycles. The molecule has 0 atom stereocenters. The molecule has 2 fully saturated rings. The van der Waals surface area contributed by atoms with E-state index in [1.807, 2.05) is 20.8 Å². The number of carbonyl (C=O) groups excluding carboxylic acids is 1. The Morgan fingerprint density at radius 1 is 1.35 bits per heavy atom. The number of rotatable bonds is 3. The molecule has 23 heavy (non-hydrogen) atoms. The van der Waals surface area contributed by atoms with Crippen molar-refractivity contribution in [3.05, 3.63) is 23.5 Å². The molecule has 2 aliphatic rings. The summed E-state index contributed by atoms with van der Waals surface area (Å²) in [5, 5.41) is 0. The van der Waals surface area contributed by atoms with Crippen molar-refractivity contribution in [2.24, 2.45) is 5.41 Å². The van der Waals surface area contributed by atoms with E-state index in [1.54, 1.807) is 0 Å². The summed E-state index contributed by atoms with van der Waals surface area (Å²) >= 11 is 0. The summed E-state index contributed by atoms with van der Waals surface area (Å²) in [6.07, 6.45) is 7.45. The monoisotopic (exact) mass is 321 g/mol. The second-order valence-corrected chi connectivity index (χ2v) is 7.61. The Hall–Kier alpha value is -1.29. The Morgan fingerprint density at radius 2 is 2.00 bits per heavy atom. The Morgan fingerprint density at radius 3 is 2.52 bits per heavy atom. The van der Waals surface area contributed by atoms with Crippen molar-refractivity contribution >= 4 is 5.97 Å². The van der Waals surface area contributed by atoms with Crippen LogP contribution in [0.2, 0.25) is 0 Å².